The number of nitrogens with two attached hydrogens (primary N) is 1. The van der Waals surface area contributed by atoms with E-state index < -0.39 is 0 Å². The largest absolute Gasteiger partial charge is 0.399 e. The molecule has 5 heteroatoms. The van der Waals surface area contributed by atoms with E-state index in [0.29, 0.717) is 26.4 Å². The molecule has 0 unspecified atom stereocenters. The van der Waals surface area contributed by atoms with E-state index in [4.69, 9.17) is 17.3 Å². The van der Waals surface area contributed by atoms with E-state index in [1.165, 1.54) is 0 Å². The zero-order valence-corrected chi connectivity index (χ0v) is 12.5. The van der Waals surface area contributed by atoms with Crippen LogP contribution in [0.15, 0.2) is 40.9 Å². The van der Waals surface area contributed by atoms with Gasteiger partial charge in [-0.15, -0.1) is 0 Å². The van der Waals surface area contributed by atoms with Gasteiger partial charge in [0.1, 0.15) is 0 Å². The fourth-order valence-corrected chi connectivity index (χ4v) is 2.38. The first-order chi connectivity index (χ1) is 8.99. The number of nitrogen functional groups attached to an aromatic ring is 1. The molecule has 19 heavy (non-hydrogen) atoms. The summed E-state index contributed by atoms with van der Waals surface area (Å²) in [7, 11) is 0. The predicted molar refractivity (Wildman–Crippen MR) is 82.7 cm³/mol. The highest BCUT2D eigenvalue weighted by Crippen LogP contribution is 2.27. The molecule has 0 aromatic heterocycles. The van der Waals surface area contributed by atoms with Crippen molar-refractivity contribution >= 4 is 44.8 Å². The van der Waals surface area contributed by atoms with Crippen LogP contribution in [0.4, 0.5) is 11.4 Å². The van der Waals surface area contributed by atoms with Crippen molar-refractivity contribution in [3.8, 4) is 0 Å². The molecule has 2 aromatic rings. The number of rotatable bonds is 2. The monoisotopic (exact) mass is 338 g/mol. The van der Waals surface area contributed by atoms with Crippen molar-refractivity contribution in [3.63, 3.8) is 0 Å². The van der Waals surface area contributed by atoms with Gasteiger partial charge in [0.05, 0.1) is 16.3 Å². The maximum absolute atomic E-state index is 12.2. The summed E-state index contributed by atoms with van der Waals surface area (Å²) in [5.74, 6) is -0.254. The van der Waals surface area contributed by atoms with Crippen LogP contribution in [0, 0.1) is 6.92 Å². The van der Waals surface area contributed by atoms with Crippen LogP contribution in [0.5, 0.6) is 0 Å². The molecule has 3 nitrogen and oxygen atoms in total. The lowest BCUT2D eigenvalue weighted by atomic mass is 10.1. The number of para-hydroxylation sites is 1. The van der Waals surface area contributed by atoms with E-state index in [-0.39, 0.29) is 5.91 Å². The topological polar surface area (TPSA) is 55.1 Å². The summed E-state index contributed by atoms with van der Waals surface area (Å²) in [5.41, 5.74) is 8.21. The summed E-state index contributed by atoms with van der Waals surface area (Å²) in [4.78, 5) is 12.2. The molecular formula is C14H12BrClN2O. The highest BCUT2D eigenvalue weighted by atomic mass is 79.9. The Bertz CT molecular complexity index is 623. The van der Waals surface area contributed by atoms with Crippen molar-refractivity contribution in [1.29, 1.82) is 0 Å². The van der Waals surface area contributed by atoms with Crippen molar-refractivity contribution in [2.45, 2.75) is 6.92 Å². The van der Waals surface area contributed by atoms with Gasteiger partial charge in [0.2, 0.25) is 0 Å². The average Bonchev–Trinajstić information content (AvgIpc) is 2.37. The van der Waals surface area contributed by atoms with Crippen molar-refractivity contribution < 1.29 is 4.79 Å². The fraction of sp³-hybridized carbons (Fsp3) is 0.0714. The molecule has 0 spiro atoms. The Labute approximate surface area is 124 Å². The van der Waals surface area contributed by atoms with Crippen LogP contribution in [-0.2, 0) is 0 Å². The summed E-state index contributed by atoms with van der Waals surface area (Å²) < 4.78 is 0.684. The number of amides is 1. The van der Waals surface area contributed by atoms with Crippen LogP contribution in [0.25, 0.3) is 0 Å². The maximum Gasteiger partial charge on any atom is 0.256 e. The molecule has 0 radical (unpaired) electrons. The number of anilines is 2. The van der Waals surface area contributed by atoms with Gasteiger partial charge in [-0.2, -0.15) is 0 Å². The number of hydrogen-bond acceptors (Lipinski definition) is 2. The average molecular weight is 340 g/mol. The van der Waals surface area contributed by atoms with Gasteiger partial charge >= 0.3 is 0 Å². The molecular weight excluding hydrogens is 328 g/mol. The lowest BCUT2D eigenvalue weighted by molar-refractivity contribution is 0.102. The second-order valence-corrected chi connectivity index (χ2v) is 5.39. The minimum absolute atomic E-state index is 0.254. The highest BCUT2D eigenvalue weighted by molar-refractivity contribution is 9.10. The molecule has 3 N–H and O–H groups in total. The number of carbonyl (C=O) groups excluding carboxylic acids is 1. The molecule has 0 bridgehead atoms. The Kier molecular flexibility index (Phi) is 4.12. The van der Waals surface area contributed by atoms with Crippen molar-refractivity contribution in [3.05, 3.63) is 57.0 Å². The van der Waals surface area contributed by atoms with E-state index in [1.807, 2.05) is 19.1 Å². The van der Waals surface area contributed by atoms with Crippen LogP contribution >= 0.6 is 27.5 Å². The van der Waals surface area contributed by atoms with Crippen molar-refractivity contribution in [2.75, 3.05) is 11.1 Å². The summed E-state index contributed by atoms with van der Waals surface area (Å²) >= 11 is 9.41. The molecule has 0 saturated carbocycles. The van der Waals surface area contributed by atoms with Crippen molar-refractivity contribution in [2.24, 2.45) is 0 Å². The third-order valence-corrected chi connectivity index (χ3v) is 3.70. The summed E-state index contributed by atoms with van der Waals surface area (Å²) in [6.07, 6.45) is 0. The van der Waals surface area contributed by atoms with E-state index >= 15 is 0 Å². The minimum atomic E-state index is -0.254. The molecule has 98 valence electrons. The predicted octanol–water partition coefficient (Wildman–Crippen LogP) is 4.25. The van der Waals surface area contributed by atoms with Crippen LogP contribution in [-0.4, -0.2) is 5.91 Å². The number of carbonyl (C=O) groups is 1. The van der Waals surface area contributed by atoms with Gasteiger partial charge in [-0.1, -0.05) is 23.7 Å². The Morgan fingerprint density at radius 2 is 2.05 bits per heavy atom. The second-order valence-electron chi connectivity index (χ2n) is 4.13. The van der Waals surface area contributed by atoms with Gasteiger partial charge in [-0.25, -0.2) is 0 Å². The Balaban J connectivity index is 2.34. The third-order valence-electron chi connectivity index (χ3n) is 2.70. The highest BCUT2D eigenvalue weighted by Gasteiger charge is 2.13. The lowest BCUT2D eigenvalue weighted by Gasteiger charge is -2.11. The molecule has 2 aromatic carbocycles. The Hall–Kier alpha value is -1.52. The number of nitrogens with one attached hydrogen (secondary N) is 1. The van der Waals surface area contributed by atoms with Crippen LogP contribution in [0.2, 0.25) is 5.02 Å². The van der Waals surface area contributed by atoms with Crippen LogP contribution < -0.4 is 11.1 Å². The zero-order chi connectivity index (χ0) is 14.0. The molecule has 2 rings (SSSR count). The van der Waals surface area contributed by atoms with Gasteiger partial charge in [-0.3, -0.25) is 4.79 Å². The summed E-state index contributed by atoms with van der Waals surface area (Å²) in [6.45, 7) is 1.88. The zero-order valence-electron chi connectivity index (χ0n) is 10.2. The summed E-state index contributed by atoms with van der Waals surface area (Å²) in [5, 5.41) is 3.31. The van der Waals surface area contributed by atoms with E-state index in [1.54, 1.807) is 24.3 Å². The normalized spacial score (nSPS) is 10.3. The molecule has 0 saturated heterocycles. The molecule has 0 fully saturated rings. The molecule has 0 aliphatic carbocycles. The van der Waals surface area contributed by atoms with Crippen LogP contribution in [0.3, 0.4) is 0 Å². The minimum Gasteiger partial charge on any atom is -0.399 e. The van der Waals surface area contributed by atoms with Gasteiger partial charge in [0, 0.05) is 10.2 Å². The quantitative estimate of drug-likeness (QED) is 0.804. The molecule has 0 aliphatic heterocycles. The van der Waals surface area contributed by atoms with Gasteiger partial charge < -0.3 is 11.1 Å². The summed E-state index contributed by atoms with van der Waals surface area (Å²) in [6, 6.07) is 10.5. The molecule has 0 atom stereocenters. The second kappa shape index (κ2) is 5.63. The molecule has 0 heterocycles. The smallest absolute Gasteiger partial charge is 0.256 e. The Morgan fingerprint density at radius 1 is 1.32 bits per heavy atom. The first kappa shape index (κ1) is 13.9. The van der Waals surface area contributed by atoms with E-state index in [2.05, 4.69) is 21.2 Å². The number of benzene rings is 2. The first-order valence-electron chi connectivity index (χ1n) is 5.60. The standard InChI is InChI=1S/C14H12BrClN2O/c1-8-3-2-4-12(16)13(8)18-14(19)10-7-9(17)5-6-11(10)15/h2-7H,17H2,1H3,(H,18,19). The van der Waals surface area contributed by atoms with Gasteiger partial charge in [0.15, 0.2) is 0 Å². The molecule has 0 aliphatic rings. The van der Waals surface area contributed by atoms with Gasteiger partial charge in [-0.05, 0) is 52.7 Å². The fourth-order valence-electron chi connectivity index (χ4n) is 1.69. The Morgan fingerprint density at radius 3 is 2.74 bits per heavy atom. The molecule has 1 amide bonds. The lowest BCUT2D eigenvalue weighted by Crippen LogP contribution is -2.14. The third kappa shape index (κ3) is 3.08. The van der Waals surface area contributed by atoms with E-state index in [9.17, 15) is 4.79 Å². The van der Waals surface area contributed by atoms with Crippen molar-refractivity contribution in [1.82, 2.24) is 0 Å². The SMILES string of the molecule is Cc1cccc(Cl)c1NC(=O)c1cc(N)ccc1Br. The maximum atomic E-state index is 12.2. The van der Waals surface area contributed by atoms with E-state index in [0.717, 1.165) is 5.56 Å². The number of halogens is 2. The first-order valence-corrected chi connectivity index (χ1v) is 6.77. The van der Waals surface area contributed by atoms with Crippen LogP contribution in [0.1, 0.15) is 15.9 Å². The number of aryl methyl sites for hydroxylation is 1. The number of hydrogen-bond donors (Lipinski definition) is 2. The van der Waals surface area contributed by atoms with Gasteiger partial charge in [0.25, 0.3) is 5.91 Å².